The molecule has 0 saturated carbocycles. The van der Waals surface area contributed by atoms with E-state index >= 15 is 0 Å². The third-order valence-corrected chi connectivity index (χ3v) is 3.89. The molecule has 2 heterocycles. The molecule has 0 bridgehead atoms. The molecule has 0 atom stereocenters. The zero-order valence-electron chi connectivity index (χ0n) is 13.2. The summed E-state index contributed by atoms with van der Waals surface area (Å²) in [5.74, 6) is 3.09. The molecule has 0 aliphatic carbocycles. The molecule has 0 aliphatic rings. The number of nitrogens with zero attached hydrogens (tertiary/aromatic N) is 2. The minimum absolute atomic E-state index is 0.0825. The zero-order chi connectivity index (χ0) is 15.6. The van der Waals surface area contributed by atoms with Crippen molar-refractivity contribution in [1.29, 1.82) is 0 Å². The second-order valence-corrected chi connectivity index (χ2v) is 6.75. The van der Waals surface area contributed by atoms with Crippen molar-refractivity contribution in [1.82, 2.24) is 9.97 Å². The van der Waals surface area contributed by atoms with Crippen LogP contribution in [0.15, 0.2) is 21.0 Å². The van der Waals surface area contributed by atoms with Gasteiger partial charge in [0.2, 0.25) is 0 Å². The van der Waals surface area contributed by atoms with Gasteiger partial charge >= 0.3 is 0 Å². The molecule has 114 valence electrons. The molecule has 2 aromatic rings. The number of aromatic nitrogens is 2. The van der Waals surface area contributed by atoms with Gasteiger partial charge in [-0.2, -0.15) is 0 Å². The standard InChI is InChI=1S/C16H22BrN3O/c1-6-10-8-9-11(21-10)14-19-13(16(3,4)5)12(17)15(20-14)18-7-2/h8-9H,6-7H2,1-5H3,(H,18,19,20). The smallest absolute Gasteiger partial charge is 0.197 e. The molecule has 0 aliphatic heterocycles. The van der Waals surface area contributed by atoms with E-state index < -0.39 is 0 Å². The minimum Gasteiger partial charge on any atom is -0.458 e. The Kier molecular flexibility index (Phi) is 4.71. The fraction of sp³-hybridized carbons (Fsp3) is 0.500. The van der Waals surface area contributed by atoms with Crippen LogP contribution in [-0.2, 0) is 11.8 Å². The number of hydrogen-bond donors (Lipinski definition) is 1. The van der Waals surface area contributed by atoms with Crippen LogP contribution in [-0.4, -0.2) is 16.5 Å². The van der Waals surface area contributed by atoms with Crippen LogP contribution in [0.4, 0.5) is 5.82 Å². The summed E-state index contributed by atoms with van der Waals surface area (Å²) in [4.78, 5) is 9.30. The first-order valence-corrected chi connectivity index (χ1v) is 8.07. The van der Waals surface area contributed by atoms with E-state index in [4.69, 9.17) is 9.40 Å². The number of anilines is 1. The van der Waals surface area contributed by atoms with Gasteiger partial charge in [0, 0.05) is 18.4 Å². The van der Waals surface area contributed by atoms with Crippen LogP contribution in [0.5, 0.6) is 0 Å². The monoisotopic (exact) mass is 351 g/mol. The molecule has 0 radical (unpaired) electrons. The summed E-state index contributed by atoms with van der Waals surface area (Å²) < 4.78 is 6.71. The number of rotatable bonds is 4. The Hall–Kier alpha value is -1.36. The third kappa shape index (κ3) is 3.46. The van der Waals surface area contributed by atoms with Crippen LogP contribution in [0.3, 0.4) is 0 Å². The van der Waals surface area contributed by atoms with Crippen molar-refractivity contribution < 1.29 is 4.42 Å². The van der Waals surface area contributed by atoms with Gasteiger partial charge in [-0.05, 0) is 35.0 Å². The Balaban J connectivity index is 2.58. The summed E-state index contributed by atoms with van der Waals surface area (Å²) in [5, 5.41) is 3.28. The molecular weight excluding hydrogens is 330 g/mol. The average Bonchev–Trinajstić information content (AvgIpc) is 2.88. The van der Waals surface area contributed by atoms with E-state index in [0.29, 0.717) is 11.6 Å². The fourth-order valence-corrected chi connectivity index (χ4v) is 2.94. The number of halogens is 1. The molecular formula is C16H22BrN3O. The Morgan fingerprint density at radius 3 is 2.43 bits per heavy atom. The van der Waals surface area contributed by atoms with Crippen molar-refractivity contribution in [3.63, 3.8) is 0 Å². The highest BCUT2D eigenvalue weighted by atomic mass is 79.9. The topological polar surface area (TPSA) is 51.0 Å². The highest BCUT2D eigenvalue weighted by Gasteiger charge is 2.24. The van der Waals surface area contributed by atoms with E-state index in [9.17, 15) is 0 Å². The summed E-state index contributed by atoms with van der Waals surface area (Å²) >= 11 is 3.63. The van der Waals surface area contributed by atoms with Crippen molar-refractivity contribution >= 4 is 21.7 Å². The second kappa shape index (κ2) is 6.18. The van der Waals surface area contributed by atoms with Gasteiger partial charge < -0.3 is 9.73 Å². The van der Waals surface area contributed by atoms with Crippen molar-refractivity contribution in [2.24, 2.45) is 0 Å². The summed E-state index contributed by atoms with van der Waals surface area (Å²) in [7, 11) is 0. The highest BCUT2D eigenvalue weighted by Crippen LogP contribution is 2.34. The highest BCUT2D eigenvalue weighted by molar-refractivity contribution is 9.10. The van der Waals surface area contributed by atoms with Crippen LogP contribution in [0.2, 0.25) is 0 Å². The lowest BCUT2D eigenvalue weighted by Gasteiger charge is -2.21. The van der Waals surface area contributed by atoms with Gasteiger partial charge in [-0.15, -0.1) is 0 Å². The van der Waals surface area contributed by atoms with Gasteiger partial charge in [0.15, 0.2) is 11.6 Å². The minimum atomic E-state index is -0.0825. The molecule has 0 unspecified atom stereocenters. The first-order chi connectivity index (χ1) is 9.86. The van der Waals surface area contributed by atoms with Crippen LogP contribution < -0.4 is 5.32 Å². The molecule has 0 aromatic carbocycles. The normalized spacial score (nSPS) is 11.7. The lowest BCUT2D eigenvalue weighted by molar-refractivity contribution is 0.521. The quantitative estimate of drug-likeness (QED) is 0.859. The van der Waals surface area contributed by atoms with Crippen LogP contribution in [0.25, 0.3) is 11.6 Å². The molecule has 4 nitrogen and oxygen atoms in total. The Bertz CT molecular complexity index is 629. The largest absolute Gasteiger partial charge is 0.458 e. The van der Waals surface area contributed by atoms with Crippen LogP contribution in [0.1, 0.15) is 46.1 Å². The zero-order valence-corrected chi connectivity index (χ0v) is 14.8. The maximum Gasteiger partial charge on any atom is 0.197 e. The maximum atomic E-state index is 5.79. The molecule has 0 spiro atoms. The van der Waals surface area contributed by atoms with Crippen molar-refractivity contribution in [2.45, 2.75) is 46.5 Å². The summed E-state index contributed by atoms with van der Waals surface area (Å²) in [6.07, 6.45) is 0.864. The first kappa shape index (κ1) is 16.0. The summed E-state index contributed by atoms with van der Waals surface area (Å²) in [6.45, 7) is 11.3. The summed E-state index contributed by atoms with van der Waals surface area (Å²) in [5.41, 5.74) is 0.888. The predicted molar refractivity (Wildman–Crippen MR) is 89.7 cm³/mol. The van der Waals surface area contributed by atoms with E-state index in [-0.39, 0.29) is 5.41 Å². The molecule has 0 saturated heterocycles. The van der Waals surface area contributed by atoms with E-state index in [1.54, 1.807) is 0 Å². The molecule has 5 heteroatoms. The van der Waals surface area contributed by atoms with E-state index in [0.717, 1.165) is 34.7 Å². The summed E-state index contributed by atoms with van der Waals surface area (Å²) in [6, 6.07) is 3.91. The number of hydrogen-bond acceptors (Lipinski definition) is 4. The van der Waals surface area contributed by atoms with Crippen LogP contribution in [0, 0.1) is 0 Å². The number of nitrogens with one attached hydrogen (secondary N) is 1. The average molecular weight is 352 g/mol. The molecule has 0 fully saturated rings. The number of aryl methyl sites for hydroxylation is 1. The van der Waals surface area contributed by atoms with Gasteiger partial charge in [-0.3, -0.25) is 0 Å². The fourth-order valence-electron chi connectivity index (χ4n) is 2.03. The first-order valence-electron chi connectivity index (χ1n) is 7.27. The van der Waals surface area contributed by atoms with E-state index in [1.807, 2.05) is 19.1 Å². The van der Waals surface area contributed by atoms with Gasteiger partial charge in [-0.25, -0.2) is 9.97 Å². The molecule has 2 aromatic heterocycles. The Morgan fingerprint density at radius 2 is 1.90 bits per heavy atom. The van der Waals surface area contributed by atoms with Gasteiger partial charge in [0.1, 0.15) is 11.6 Å². The van der Waals surface area contributed by atoms with Gasteiger partial charge in [-0.1, -0.05) is 27.7 Å². The molecule has 0 amide bonds. The SMILES string of the molecule is CCNc1nc(-c2ccc(CC)o2)nc(C(C)(C)C)c1Br. The van der Waals surface area contributed by atoms with Gasteiger partial charge in [0.25, 0.3) is 0 Å². The molecule has 21 heavy (non-hydrogen) atoms. The van der Waals surface area contributed by atoms with Crippen molar-refractivity contribution in [3.05, 3.63) is 28.1 Å². The van der Waals surface area contributed by atoms with Crippen molar-refractivity contribution in [2.75, 3.05) is 11.9 Å². The Morgan fingerprint density at radius 1 is 1.19 bits per heavy atom. The van der Waals surface area contributed by atoms with E-state index in [2.05, 4.69) is 53.9 Å². The molecule has 1 N–H and O–H groups in total. The Labute approximate surface area is 134 Å². The predicted octanol–water partition coefficient (Wildman–Crippen LogP) is 4.79. The number of furan rings is 1. The molecule has 2 rings (SSSR count). The third-order valence-electron chi connectivity index (χ3n) is 3.14. The van der Waals surface area contributed by atoms with Crippen molar-refractivity contribution in [3.8, 4) is 11.6 Å². The van der Waals surface area contributed by atoms with Gasteiger partial charge in [0.05, 0.1) is 10.2 Å². The van der Waals surface area contributed by atoms with Crippen LogP contribution >= 0.6 is 15.9 Å². The maximum absolute atomic E-state index is 5.79. The lowest BCUT2D eigenvalue weighted by atomic mass is 9.92. The van der Waals surface area contributed by atoms with E-state index in [1.165, 1.54) is 0 Å². The second-order valence-electron chi connectivity index (χ2n) is 5.96. The lowest BCUT2D eigenvalue weighted by Crippen LogP contribution is -2.17.